The largest absolute Gasteiger partial charge is 0.469 e. The van der Waals surface area contributed by atoms with Crippen molar-refractivity contribution < 1.29 is 22.1 Å². The van der Waals surface area contributed by atoms with Gasteiger partial charge >= 0.3 is 5.97 Å². The van der Waals surface area contributed by atoms with Gasteiger partial charge in [-0.25, -0.2) is 0 Å². The van der Waals surface area contributed by atoms with Crippen LogP contribution < -0.4 is 0 Å². The maximum absolute atomic E-state index is 12.3. The Morgan fingerprint density at radius 3 is 2.12 bits per heavy atom. The number of rotatable bonds is 5. The Kier molecular flexibility index (Phi) is 5.71. The van der Waals surface area contributed by atoms with Crippen molar-refractivity contribution in [3.05, 3.63) is 29.8 Å². The van der Waals surface area contributed by atoms with E-state index in [0.717, 1.165) is 18.4 Å². The van der Waals surface area contributed by atoms with Crippen LogP contribution in [0, 0.1) is 18.3 Å². The van der Waals surface area contributed by atoms with Crippen LogP contribution in [0.15, 0.2) is 29.2 Å². The molecule has 0 bridgehead atoms. The molecule has 0 amide bonds. The smallest absolute Gasteiger partial charge is 0.311 e. The Labute approximate surface area is 144 Å². The van der Waals surface area contributed by atoms with Gasteiger partial charge in [-0.2, -0.15) is 8.42 Å². The van der Waals surface area contributed by atoms with Gasteiger partial charge in [-0.15, -0.1) is 0 Å². The van der Waals surface area contributed by atoms with E-state index in [9.17, 15) is 13.2 Å². The number of ether oxygens (including phenoxy) is 1. The van der Waals surface area contributed by atoms with Crippen LogP contribution in [-0.4, -0.2) is 27.6 Å². The Hall–Kier alpha value is -1.40. The fraction of sp³-hybridized carbons (Fsp3) is 0.611. The molecule has 0 radical (unpaired) electrons. The third-order valence-electron chi connectivity index (χ3n) is 4.98. The predicted octanol–water partition coefficient (Wildman–Crippen LogP) is 3.46. The van der Waals surface area contributed by atoms with Gasteiger partial charge in [0, 0.05) is 0 Å². The first-order valence-corrected chi connectivity index (χ1v) is 9.66. The SMILES string of the molecule is COC(=O)C(C)(C)[C@H]1CC[C@H](OS(=O)(=O)c2ccc(C)cc2)CC1. The lowest BCUT2D eigenvalue weighted by Crippen LogP contribution is -2.38. The lowest BCUT2D eigenvalue weighted by Gasteiger charge is -2.36. The van der Waals surface area contributed by atoms with Gasteiger partial charge in [-0.1, -0.05) is 17.7 Å². The standard InChI is InChI=1S/C18H26O5S/c1-13-5-11-16(12-6-13)24(20,21)23-15-9-7-14(8-10-15)18(2,3)17(19)22-4/h5-6,11-12,14-15H,7-10H2,1-4H3/t14-,15-. The molecule has 0 spiro atoms. The summed E-state index contributed by atoms with van der Waals surface area (Å²) in [5.74, 6) is -0.0500. The Morgan fingerprint density at radius 2 is 1.62 bits per heavy atom. The third-order valence-corrected chi connectivity index (χ3v) is 6.35. The van der Waals surface area contributed by atoms with Crippen LogP contribution in [-0.2, 0) is 23.8 Å². The second-order valence-electron chi connectivity index (χ2n) is 7.05. The number of carbonyl (C=O) groups excluding carboxylic acids is 1. The molecular formula is C18H26O5S. The Morgan fingerprint density at radius 1 is 1.08 bits per heavy atom. The third kappa shape index (κ3) is 4.16. The fourth-order valence-electron chi connectivity index (χ4n) is 3.25. The molecule has 1 aromatic rings. The van der Waals surface area contributed by atoms with Gasteiger partial charge in [0.25, 0.3) is 10.1 Å². The van der Waals surface area contributed by atoms with Crippen LogP contribution in [0.4, 0.5) is 0 Å². The van der Waals surface area contributed by atoms with Crippen molar-refractivity contribution in [3.63, 3.8) is 0 Å². The Balaban J connectivity index is 1.98. The zero-order valence-electron chi connectivity index (χ0n) is 14.7. The average molecular weight is 354 g/mol. The lowest BCUT2D eigenvalue weighted by atomic mass is 9.70. The van der Waals surface area contributed by atoms with Gasteiger partial charge < -0.3 is 4.74 Å². The fourth-order valence-corrected chi connectivity index (χ4v) is 4.38. The van der Waals surface area contributed by atoms with E-state index in [4.69, 9.17) is 8.92 Å². The summed E-state index contributed by atoms with van der Waals surface area (Å²) < 4.78 is 35.0. The van der Waals surface area contributed by atoms with Crippen LogP contribution in [0.25, 0.3) is 0 Å². The van der Waals surface area contributed by atoms with Crippen LogP contribution in [0.2, 0.25) is 0 Å². The van der Waals surface area contributed by atoms with Gasteiger partial charge in [0.2, 0.25) is 0 Å². The van der Waals surface area contributed by atoms with Crippen molar-refractivity contribution in [3.8, 4) is 0 Å². The first-order chi connectivity index (χ1) is 11.2. The predicted molar refractivity (Wildman–Crippen MR) is 91.0 cm³/mol. The van der Waals surface area contributed by atoms with Crippen molar-refractivity contribution in [2.45, 2.75) is 57.5 Å². The minimum atomic E-state index is -3.74. The topological polar surface area (TPSA) is 69.7 Å². The maximum atomic E-state index is 12.3. The van der Waals surface area contributed by atoms with Gasteiger partial charge in [0.15, 0.2) is 0 Å². The number of benzene rings is 1. The quantitative estimate of drug-likeness (QED) is 0.598. The van der Waals surface area contributed by atoms with E-state index in [2.05, 4.69) is 0 Å². The highest BCUT2D eigenvalue weighted by Crippen LogP contribution is 2.40. The first-order valence-electron chi connectivity index (χ1n) is 8.25. The van der Waals surface area contributed by atoms with Crippen LogP contribution in [0.5, 0.6) is 0 Å². The monoisotopic (exact) mass is 354 g/mol. The summed E-state index contributed by atoms with van der Waals surface area (Å²) in [5.41, 5.74) is 0.440. The van der Waals surface area contributed by atoms with Crippen molar-refractivity contribution in [1.29, 1.82) is 0 Å². The van der Waals surface area contributed by atoms with Gasteiger partial charge in [0.05, 0.1) is 23.5 Å². The van der Waals surface area contributed by atoms with Gasteiger partial charge in [-0.05, 0) is 64.5 Å². The van der Waals surface area contributed by atoms with Gasteiger partial charge in [0.1, 0.15) is 0 Å². The highest BCUT2D eigenvalue weighted by Gasteiger charge is 2.40. The van der Waals surface area contributed by atoms with E-state index in [1.54, 1.807) is 24.3 Å². The van der Waals surface area contributed by atoms with E-state index < -0.39 is 15.5 Å². The lowest BCUT2D eigenvalue weighted by molar-refractivity contribution is -0.155. The van der Waals surface area contributed by atoms with Crippen molar-refractivity contribution in [2.24, 2.45) is 11.3 Å². The zero-order valence-corrected chi connectivity index (χ0v) is 15.6. The van der Waals surface area contributed by atoms with Crippen LogP contribution >= 0.6 is 0 Å². The summed E-state index contributed by atoms with van der Waals surface area (Å²) in [6.07, 6.45) is 2.40. The highest BCUT2D eigenvalue weighted by atomic mass is 32.2. The molecule has 0 N–H and O–H groups in total. The van der Waals surface area contributed by atoms with Crippen LogP contribution in [0.1, 0.15) is 45.1 Å². The van der Waals surface area contributed by atoms with Crippen molar-refractivity contribution in [1.82, 2.24) is 0 Å². The summed E-state index contributed by atoms with van der Waals surface area (Å²) in [6.45, 7) is 5.67. The number of methoxy groups -OCH3 is 1. The van der Waals surface area contributed by atoms with E-state index in [1.807, 2.05) is 20.8 Å². The summed E-state index contributed by atoms with van der Waals surface area (Å²) in [6, 6.07) is 6.64. The molecule has 24 heavy (non-hydrogen) atoms. The zero-order chi connectivity index (χ0) is 18.0. The molecule has 0 saturated heterocycles. The molecule has 0 atom stereocenters. The van der Waals surface area contributed by atoms with Crippen LogP contribution in [0.3, 0.4) is 0 Å². The Bertz CT molecular complexity index is 668. The van der Waals surface area contributed by atoms with Crippen molar-refractivity contribution >= 4 is 16.1 Å². The maximum Gasteiger partial charge on any atom is 0.311 e. The van der Waals surface area contributed by atoms with E-state index in [-0.39, 0.29) is 22.9 Å². The average Bonchev–Trinajstić information content (AvgIpc) is 2.54. The highest BCUT2D eigenvalue weighted by molar-refractivity contribution is 7.86. The second kappa shape index (κ2) is 7.23. The molecule has 5 nitrogen and oxygen atoms in total. The number of carbonyl (C=O) groups is 1. The van der Waals surface area contributed by atoms with Gasteiger partial charge in [-0.3, -0.25) is 8.98 Å². The summed E-state index contributed by atoms with van der Waals surface area (Å²) in [4.78, 5) is 12.1. The number of hydrogen-bond acceptors (Lipinski definition) is 5. The van der Waals surface area contributed by atoms with E-state index in [1.165, 1.54) is 7.11 Å². The molecule has 0 aliphatic heterocycles. The molecule has 1 aliphatic carbocycles. The molecule has 2 rings (SSSR count). The molecule has 1 fully saturated rings. The normalized spacial score (nSPS) is 22.2. The molecular weight excluding hydrogens is 328 g/mol. The molecule has 134 valence electrons. The molecule has 6 heteroatoms. The molecule has 1 aliphatic rings. The number of aryl methyl sites for hydroxylation is 1. The number of hydrogen-bond donors (Lipinski definition) is 0. The number of esters is 1. The molecule has 0 heterocycles. The summed E-state index contributed by atoms with van der Waals surface area (Å²) >= 11 is 0. The van der Waals surface area contributed by atoms with E-state index >= 15 is 0 Å². The molecule has 1 aromatic carbocycles. The first kappa shape index (κ1) is 18.9. The summed E-state index contributed by atoms with van der Waals surface area (Å²) in [7, 11) is -2.35. The minimum Gasteiger partial charge on any atom is -0.469 e. The van der Waals surface area contributed by atoms with E-state index in [0.29, 0.717) is 12.8 Å². The summed E-state index contributed by atoms with van der Waals surface area (Å²) in [5, 5.41) is 0. The second-order valence-corrected chi connectivity index (χ2v) is 8.62. The molecule has 0 unspecified atom stereocenters. The molecule has 0 aromatic heterocycles. The molecule has 1 saturated carbocycles. The minimum absolute atomic E-state index is 0.173. The van der Waals surface area contributed by atoms with Crippen molar-refractivity contribution in [2.75, 3.05) is 7.11 Å².